The predicted octanol–water partition coefficient (Wildman–Crippen LogP) is 4.61. The first-order valence-corrected chi connectivity index (χ1v) is 7.97. The second-order valence-electron chi connectivity index (χ2n) is 4.92. The third-order valence-corrected chi connectivity index (χ3v) is 5.03. The summed E-state index contributed by atoms with van der Waals surface area (Å²) in [6.07, 6.45) is 8.35. The molecule has 0 fully saturated rings. The van der Waals surface area contributed by atoms with Crippen LogP contribution in [0.5, 0.6) is 0 Å². The molecule has 0 amide bonds. The summed E-state index contributed by atoms with van der Waals surface area (Å²) in [5.41, 5.74) is 2.30. The summed E-state index contributed by atoms with van der Waals surface area (Å²) >= 11 is 8.05. The number of rotatable bonds is 2. The van der Waals surface area contributed by atoms with E-state index in [0.717, 1.165) is 29.2 Å². The molecule has 21 heavy (non-hydrogen) atoms. The maximum absolute atomic E-state index is 6.29. The largest absolute Gasteiger partial charge is 0.279 e. The van der Waals surface area contributed by atoms with E-state index in [9.17, 15) is 0 Å². The highest BCUT2D eigenvalue weighted by molar-refractivity contribution is 7.16. The lowest BCUT2D eigenvalue weighted by Crippen LogP contribution is -1.95. The first-order chi connectivity index (χ1) is 10.3. The van der Waals surface area contributed by atoms with Gasteiger partial charge in [-0.25, -0.2) is 0 Å². The van der Waals surface area contributed by atoms with Crippen molar-refractivity contribution in [1.29, 1.82) is 0 Å². The summed E-state index contributed by atoms with van der Waals surface area (Å²) in [5.74, 6) is 0.843. The zero-order chi connectivity index (χ0) is 14.2. The highest BCUT2D eigenvalue weighted by Gasteiger charge is 2.16. The van der Waals surface area contributed by atoms with Crippen molar-refractivity contribution in [3.63, 3.8) is 0 Å². The Balaban J connectivity index is 1.84. The highest BCUT2D eigenvalue weighted by atomic mass is 35.5. The second kappa shape index (κ2) is 5.13. The van der Waals surface area contributed by atoms with Gasteiger partial charge in [0.2, 0.25) is 0 Å². The molecule has 104 valence electrons. The van der Waals surface area contributed by atoms with Gasteiger partial charge in [-0.15, -0.1) is 21.5 Å². The number of hydrogen-bond acceptors (Lipinski definition) is 3. The molecule has 0 aliphatic heterocycles. The molecule has 3 nitrogen and oxygen atoms in total. The zero-order valence-electron chi connectivity index (χ0n) is 11.2. The van der Waals surface area contributed by atoms with Crippen LogP contribution in [-0.4, -0.2) is 14.8 Å². The van der Waals surface area contributed by atoms with Crippen LogP contribution in [0.15, 0.2) is 42.7 Å². The molecule has 2 aromatic heterocycles. The summed E-state index contributed by atoms with van der Waals surface area (Å²) in [6.45, 7) is 0. The third kappa shape index (κ3) is 2.20. The van der Waals surface area contributed by atoms with Crippen LogP contribution < -0.4 is 0 Å². The normalized spacial score (nSPS) is 13.4. The first kappa shape index (κ1) is 12.8. The van der Waals surface area contributed by atoms with E-state index in [0.29, 0.717) is 5.02 Å². The van der Waals surface area contributed by atoms with Gasteiger partial charge in [-0.3, -0.25) is 4.57 Å². The fourth-order valence-electron chi connectivity index (χ4n) is 2.55. The summed E-state index contributed by atoms with van der Waals surface area (Å²) in [5, 5.41) is 9.05. The molecule has 0 spiro atoms. The van der Waals surface area contributed by atoms with Crippen molar-refractivity contribution in [2.45, 2.75) is 12.8 Å². The quantitative estimate of drug-likeness (QED) is 0.691. The molecule has 0 bridgehead atoms. The van der Waals surface area contributed by atoms with Crippen LogP contribution in [0.3, 0.4) is 0 Å². The van der Waals surface area contributed by atoms with Crippen molar-refractivity contribution in [3.8, 4) is 16.4 Å². The molecule has 1 aliphatic carbocycles. The molecule has 1 aliphatic rings. The van der Waals surface area contributed by atoms with Crippen LogP contribution >= 0.6 is 22.9 Å². The number of thiophene rings is 1. The Kier molecular flexibility index (Phi) is 3.13. The van der Waals surface area contributed by atoms with Gasteiger partial charge < -0.3 is 0 Å². The van der Waals surface area contributed by atoms with Gasteiger partial charge >= 0.3 is 0 Å². The molecule has 4 rings (SSSR count). The van der Waals surface area contributed by atoms with Crippen LogP contribution in [0.2, 0.25) is 5.02 Å². The number of fused-ring (bicyclic) bond motifs is 1. The molecular weight excluding hydrogens is 302 g/mol. The smallest absolute Gasteiger partial charge is 0.178 e. The second-order valence-corrected chi connectivity index (χ2v) is 6.41. The lowest BCUT2D eigenvalue weighted by Gasteiger charge is -2.06. The number of halogens is 1. The molecule has 0 atom stereocenters. The molecule has 1 aromatic carbocycles. The summed E-state index contributed by atoms with van der Waals surface area (Å²) in [4.78, 5) is 2.45. The molecule has 0 saturated heterocycles. The Morgan fingerprint density at radius 3 is 3.00 bits per heavy atom. The Labute approximate surface area is 131 Å². The minimum absolute atomic E-state index is 0.694. The molecule has 0 unspecified atom stereocenters. The number of aromatic nitrogens is 3. The van der Waals surface area contributed by atoms with E-state index in [1.807, 2.05) is 28.8 Å². The van der Waals surface area contributed by atoms with Crippen molar-refractivity contribution >= 4 is 29.0 Å². The number of benzene rings is 1. The van der Waals surface area contributed by atoms with Gasteiger partial charge in [-0.05, 0) is 42.7 Å². The molecule has 2 heterocycles. The molecule has 0 saturated carbocycles. The van der Waals surface area contributed by atoms with Gasteiger partial charge in [0.1, 0.15) is 6.33 Å². The Morgan fingerprint density at radius 2 is 2.14 bits per heavy atom. The van der Waals surface area contributed by atoms with Crippen LogP contribution in [0.1, 0.15) is 16.9 Å². The van der Waals surface area contributed by atoms with Gasteiger partial charge in [0.05, 0.1) is 15.6 Å². The van der Waals surface area contributed by atoms with E-state index in [-0.39, 0.29) is 0 Å². The van der Waals surface area contributed by atoms with Gasteiger partial charge in [0, 0.05) is 4.88 Å². The van der Waals surface area contributed by atoms with Crippen LogP contribution in [0.4, 0.5) is 0 Å². The topological polar surface area (TPSA) is 30.7 Å². The van der Waals surface area contributed by atoms with E-state index in [1.54, 1.807) is 17.7 Å². The Morgan fingerprint density at radius 1 is 1.24 bits per heavy atom. The minimum Gasteiger partial charge on any atom is -0.279 e. The number of nitrogens with zero attached hydrogens (tertiary/aromatic N) is 3. The lowest BCUT2D eigenvalue weighted by atomic mass is 10.1. The number of para-hydroxylation sites is 1. The van der Waals surface area contributed by atoms with E-state index in [1.165, 1.54) is 10.4 Å². The van der Waals surface area contributed by atoms with Crippen molar-refractivity contribution in [2.75, 3.05) is 0 Å². The number of allylic oxidation sites excluding steroid dienone is 1. The zero-order valence-corrected chi connectivity index (χ0v) is 12.7. The van der Waals surface area contributed by atoms with Gasteiger partial charge in [0.25, 0.3) is 0 Å². The predicted molar refractivity (Wildman–Crippen MR) is 87.0 cm³/mol. The summed E-state index contributed by atoms with van der Waals surface area (Å²) < 4.78 is 1.95. The maximum Gasteiger partial charge on any atom is 0.178 e. The van der Waals surface area contributed by atoms with Crippen molar-refractivity contribution in [1.82, 2.24) is 14.8 Å². The van der Waals surface area contributed by atoms with Crippen LogP contribution in [-0.2, 0) is 6.42 Å². The SMILES string of the molecule is Clc1ccccc1-n1cnnc1-c1cc2c(s1)C=CCC2. The van der Waals surface area contributed by atoms with Crippen molar-refractivity contribution < 1.29 is 0 Å². The van der Waals surface area contributed by atoms with Gasteiger partial charge in [-0.2, -0.15) is 0 Å². The van der Waals surface area contributed by atoms with Gasteiger partial charge in [0.15, 0.2) is 5.82 Å². The molecule has 5 heteroatoms. The van der Waals surface area contributed by atoms with Gasteiger partial charge in [-0.1, -0.05) is 29.8 Å². The standard InChI is InChI=1S/C16H12ClN3S/c17-12-6-2-3-7-13(12)20-10-18-19-16(20)15-9-11-5-1-4-8-14(11)21-15/h2-4,6-10H,1,5H2. The summed E-state index contributed by atoms with van der Waals surface area (Å²) in [7, 11) is 0. The Hall–Kier alpha value is -1.91. The Bertz CT molecular complexity index is 832. The molecular formula is C16H12ClN3S. The van der Waals surface area contributed by atoms with Crippen molar-refractivity contribution in [2.24, 2.45) is 0 Å². The lowest BCUT2D eigenvalue weighted by molar-refractivity contribution is 0.995. The molecule has 3 aromatic rings. The fraction of sp³-hybridized carbons (Fsp3) is 0.125. The third-order valence-electron chi connectivity index (χ3n) is 3.57. The van der Waals surface area contributed by atoms with Crippen LogP contribution in [0.25, 0.3) is 22.5 Å². The average Bonchev–Trinajstić information content (AvgIpc) is 3.13. The maximum atomic E-state index is 6.29. The molecule has 0 radical (unpaired) electrons. The van der Waals surface area contributed by atoms with Crippen LogP contribution in [0, 0.1) is 0 Å². The summed E-state index contributed by atoms with van der Waals surface area (Å²) in [6, 6.07) is 9.96. The molecule has 0 N–H and O–H groups in total. The highest BCUT2D eigenvalue weighted by Crippen LogP contribution is 2.35. The van der Waals surface area contributed by atoms with Crippen molar-refractivity contribution in [3.05, 3.63) is 58.2 Å². The minimum atomic E-state index is 0.694. The van der Waals surface area contributed by atoms with E-state index < -0.39 is 0 Å². The number of hydrogen-bond donors (Lipinski definition) is 0. The van der Waals surface area contributed by atoms with E-state index in [4.69, 9.17) is 11.6 Å². The monoisotopic (exact) mass is 313 g/mol. The fourth-order valence-corrected chi connectivity index (χ4v) is 3.90. The number of aryl methyl sites for hydroxylation is 1. The van der Waals surface area contributed by atoms with E-state index >= 15 is 0 Å². The first-order valence-electron chi connectivity index (χ1n) is 6.77. The van der Waals surface area contributed by atoms with E-state index in [2.05, 4.69) is 28.4 Å². The average molecular weight is 314 g/mol.